The largest absolute Gasteiger partial charge is 0.393 e. The number of carbonyl (C=O) groups is 1. The Bertz CT molecular complexity index is 867. The lowest BCUT2D eigenvalue weighted by atomic mass is 9.31. The SMILES string of the molecule is C[C@H]1[C@H]2[C@H]3CC[C@@H]4[C@@]5(C)CC[C@H](O)C(C)(C)[C@@H]5CC[C@@]4(C)[C@]3(C)CC[C@@]2(C)C[C@H]2O[C@]21C=O. The highest BCUT2D eigenvalue weighted by atomic mass is 16.6. The van der Waals surface area contributed by atoms with E-state index in [9.17, 15) is 9.90 Å². The molecular formula is C30H48O3. The van der Waals surface area contributed by atoms with Crippen molar-refractivity contribution in [2.24, 2.45) is 56.7 Å². The predicted molar refractivity (Wildman–Crippen MR) is 131 cm³/mol. The minimum absolute atomic E-state index is 0.0176. The molecule has 0 aromatic rings. The lowest BCUT2D eigenvalue weighted by molar-refractivity contribution is -0.254. The molecule has 1 heterocycles. The van der Waals surface area contributed by atoms with Crippen LogP contribution in [0, 0.1) is 56.7 Å². The number of rotatable bonds is 1. The number of aliphatic hydroxyl groups is 1. The molecule has 5 saturated carbocycles. The number of aldehydes is 1. The second kappa shape index (κ2) is 6.47. The third-order valence-corrected chi connectivity index (χ3v) is 14.2. The maximum absolute atomic E-state index is 12.2. The standard InChI is InChI=1S/C30H48O3/c1-18-24-19-8-9-21-27(5)12-11-22(32)25(2,3)20(27)10-13-29(21,7)28(19,6)15-14-26(24,4)16-23-30(18,17-31)33-23/h17-24,32H,8-16H2,1-7H3/t18-,19+,20-,21+,22-,23+,24-,26-,27-,28+,29+,30-/m0/s1. The maximum atomic E-state index is 12.2. The number of hydrogen-bond donors (Lipinski definition) is 1. The highest BCUT2D eigenvalue weighted by Crippen LogP contribution is 2.78. The third kappa shape index (κ3) is 2.48. The summed E-state index contributed by atoms with van der Waals surface area (Å²) < 4.78 is 6.16. The van der Waals surface area contributed by atoms with Crippen molar-refractivity contribution in [1.29, 1.82) is 0 Å². The van der Waals surface area contributed by atoms with Crippen LogP contribution in [0.2, 0.25) is 0 Å². The molecule has 3 heteroatoms. The topological polar surface area (TPSA) is 49.8 Å². The predicted octanol–water partition coefficient (Wildman–Crippen LogP) is 6.42. The maximum Gasteiger partial charge on any atom is 0.154 e. The van der Waals surface area contributed by atoms with Crippen molar-refractivity contribution in [3.05, 3.63) is 0 Å². The fourth-order valence-corrected chi connectivity index (χ4v) is 12.1. The Labute approximate surface area is 201 Å². The number of fused-ring (bicyclic) bond motifs is 8. The van der Waals surface area contributed by atoms with E-state index in [-0.39, 0.29) is 17.6 Å². The molecule has 12 atom stereocenters. The van der Waals surface area contributed by atoms with E-state index >= 15 is 0 Å². The first-order valence-electron chi connectivity index (χ1n) is 14.1. The van der Waals surface area contributed by atoms with E-state index in [1.54, 1.807) is 0 Å². The van der Waals surface area contributed by atoms with Gasteiger partial charge in [-0.2, -0.15) is 0 Å². The van der Waals surface area contributed by atoms with Gasteiger partial charge in [-0.05, 0) is 114 Å². The molecule has 33 heavy (non-hydrogen) atoms. The fourth-order valence-electron chi connectivity index (χ4n) is 12.1. The average molecular weight is 457 g/mol. The van der Waals surface area contributed by atoms with Crippen LogP contribution in [0.4, 0.5) is 0 Å². The molecule has 1 aliphatic heterocycles. The summed E-state index contributed by atoms with van der Waals surface area (Å²) in [6.45, 7) is 17.5. The van der Waals surface area contributed by atoms with Crippen LogP contribution in [0.1, 0.15) is 106 Å². The molecule has 6 fully saturated rings. The van der Waals surface area contributed by atoms with Gasteiger partial charge >= 0.3 is 0 Å². The Morgan fingerprint density at radius 2 is 1.58 bits per heavy atom. The van der Waals surface area contributed by atoms with Crippen LogP contribution in [0.25, 0.3) is 0 Å². The van der Waals surface area contributed by atoms with Crippen LogP contribution >= 0.6 is 0 Å². The van der Waals surface area contributed by atoms with Crippen LogP contribution in [-0.2, 0) is 9.53 Å². The van der Waals surface area contributed by atoms with Crippen molar-refractivity contribution in [1.82, 2.24) is 0 Å². The highest BCUT2D eigenvalue weighted by molar-refractivity contribution is 5.69. The molecule has 1 saturated heterocycles. The molecule has 1 N–H and O–H groups in total. The monoisotopic (exact) mass is 456 g/mol. The van der Waals surface area contributed by atoms with E-state index in [0.29, 0.717) is 45.3 Å². The molecule has 3 nitrogen and oxygen atoms in total. The zero-order valence-corrected chi connectivity index (χ0v) is 22.2. The van der Waals surface area contributed by atoms with E-state index in [1.165, 1.54) is 51.2 Å². The molecule has 0 amide bonds. The Morgan fingerprint density at radius 1 is 0.848 bits per heavy atom. The van der Waals surface area contributed by atoms with E-state index in [1.807, 2.05) is 0 Å². The van der Waals surface area contributed by atoms with Gasteiger partial charge in [0.25, 0.3) is 0 Å². The normalized spacial score (nSPS) is 63.2. The van der Waals surface area contributed by atoms with Crippen LogP contribution in [0.5, 0.6) is 0 Å². The van der Waals surface area contributed by atoms with Gasteiger partial charge in [-0.25, -0.2) is 0 Å². The quantitative estimate of drug-likeness (QED) is 0.366. The Kier molecular flexibility index (Phi) is 4.51. The summed E-state index contributed by atoms with van der Waals surface area (Å²) in [5.41, 5.74) is 0.859. The Balaban J connectivity index is 1.39. The van der Waals surface area contributed by atoms with E-state index < -0.39 is 5.60 Å². The first-order valence-corrected chi connectivity index (χ1v) is 14.1. The van der Waals surface area contributed by atoms with Crippen LogP contribution in [0.15, 0.2) is 0 Å². The first kappa shape index (κ1) is 23.0. The van der Waals surface area contributed by atoms with Gasteiger partial charge in [0.1, 0.15) is 0 Å². The summed E-state index contributed by atoms with van der Waals surface area (Å²) in [6.07, 6.45) is 12.2. The van der Waals surface area contributed by atoms with Gasteiger partial charge in [0, 0.05) is 0 Å². The fraction of sp³-hybridized carbons (Fsp3) is 0.967. The number of carbonyl (C=O) groups excluding carboxylic acids is 1. The minimum Gasteiger partial charge on any atom is -0.393 e. The van der Waals surface area contributed by atoms with Crippen molar-refractivity contribution in [3.63, 3.8) is 0 Å². The number of hydrogen-bond acceptors (Lipinski definition) is 3. The van der Waals surface area contributed by atoms with Crippen molar-refractivity contribution < 1.29 is 14.6 Å². The van der Waals surface area contributed by atoms with Crippen molar-refractivity contribution >= 4 is 6.29 Å². The molecule has 0 unspecified atom stereocenters. The number of ether oxygens (including phenoxy) is 1. The highest BCUT2D eigenvalue weighted by Gasteiger charge is 2.75. The summed E-state index contributed by atoms with van der Waals surface area (Å²) in [4.78, 5) is 12.2. The van der Waals surface area contributed by atoms with Gasteiger partial charge in [-0.15, -0.1) is 0 Å². The van der Waals surface area contributed by atoms with Crippen molar-refractivity contribution in [3.8, 4) is 0 Å². The van der Waals surface area contributed by atoms with E-state index in [4.69, 9.17) is 4.74 Å². The number of aliphatic hydroxyl groups excluding tert-OH is 1. The van der Waals surface area contributed by atoms with Gasteiger partial charge in [-0.1, -0.05) is 48.5 Å². The summed E-state index contributed by atoms with van der Waals surface area (Å²) in [7, 11) is 0. The van der Waals surface area contributed by atoms with Crippen molar-refractivity contribution in [2.75, 3.05) is 0 Å². The number of epoxide rings is 1. The summed E-state index contributed by atoms with van der Waals surface area (Å²) in [5, 5.41) is 10.9. The van der Waals surface area contributed by atoms with E-state index in [2.05, 4.69) is 48.5 Å². The zero-order chi connectivity index (χ0) is 23.8. The smallest absolute Gasteiger partial charge is 0.154 e. The van der Waals surface area contributed by atoms with Gasteiger partial charge < -0.3 is 14.6 Å². The van der Waals surface area contributed by atoms with Gasteiger partial charge in [0.05, 0.1) is 12.2 Å². The van der Waals surface area contributed by atoms with Gasteiger partial charge in [0.15, 0.2) is 11.9 Å². The lowest BCUT2D eigenvalue weighted by Gasteiger charge is -2.73. The summed E-state index contributed by atoms with van der Waals surface area (Å²) >= 11 is 0. The van der Waals surface area contributed by atoms with E-state index in [0.717, 1.165) is 18.8 Å². The van der Waals surface area contributed by atoms with Crippen LogP contribution in [-0.4, -0.2) is 29.2 Å². The Hall–Kier alpha value is -0.410. The Morgan fingerprint density at radius 3 is 2.27 bits per heavy atom. The molecule has 6 aliphatic rings. The van der Waals surface area contributed by atoms with Crippen LogP contribution < -0.4 is 0 Å². The molecule has 0 spiro atoms. The molecule has 5 aliphatic carbocycles. The summed E-state index contributed by atoms with van der Waals surface area (Å²) in [6, 6.07) is 0. The second-order valence-electron chi connectivity index (χ2n) is 15.3. The second-order valence-corrected chi connectivity index (χ2v) is 15.3. The lowest BCUT2D eigenvalue weighted by Crippen LogP contribution is -2.67. The minimum atomic E-state index is -0.479. The van der Waals surface area contributed by atoms with Crippen molar-refractivity contribution in [2.45, 2.75) is 124 Å². The molecule has 186 valence electrons. The van der Waals surface area contributed by atoms with Crippen LogP contribution in [0.3, 0.4) is 0 Å². The zero-order valence-electron chi connectivity index (χ0n) is 22.2. The molecule has 0 bridgehead atoms. The molecule has 0 aromatic heterocycles. The first-order chi connectivity index (χ1) is 15.3. The molecule has 0 aromatic carbocycles. The van der Waals surface area contributed by atoms with Gasteiger partial charge in [0.2, 0.25) is 0 Å². The third-order valence-electron chi connectivity index (χ3n) is 14.2. The molecule has 0 radical (unpaired) electrons. The molecule has 6 rings (SSSR count). The van der Waals surface area contributed by atoms with Gasteiger partial charge in [-0.3, -0.25) is 0 Å². The average Bonchev–Trinajstić information content (AvgIpc) is 3.46. The molecular weight excluding hydrogens is 408 g/mol. The summed E-state index contributed by atoms with van der Waals surface area (Å²) in [5.74, 6) is 2.97.